The van der Waals surface area contributed by atoms with Gasteiger partial charge in [-0.3, -0.25) is 0 Å². The lowest BCUT2D eigenvalue weighted by molar-refractivity contribution is 0.593. The average molecular weight is 209 g/mol. The van der Waals surface area contributed by atoms with Gasteiger partial charge in [0.05, 0.1) is 0 Å². The van der Waals surface area contributed by atoms with Crippen LogP contribution in [0, 0.1) is 5.92 Å². The highest BCUT2D eigenvalue weighted by Crippen LogP contribution is 2.18. The van der Waals surface area contributed by atoms with Crippen LogP contribution in [0.3, 0.4) is 0 Å². The number of nitrogens with two attached hydrogens (primary N) is 1. The van der Waals surface area contributed by atoms with Crippen LogP contribution in [0.25, 0.3) is 0 Å². The molecule has 78 valence electrons. The van der Waals surface area contributed by atoms with E-state index in [1.165, 1.54) is 10.5 Å². The van der Waals surface area contributed by atoms with Crippen LogP contribution in [0.5, 0.6) is 0 Å². The Balaban J connectivity index is 2.54. The summed E-state index contributed by atoms with van der Waals surface area (Å²) >= 11 is 1.88. The third-order valence-corrected chi connectivity index (χ3v) is 3.12. The highest BCUT2D eigenvalue weighted by Gasteiger charge is 2.00. The quantitative estimate of drug-likeness (QED) is 0.755. The first-order valence-corrected chi connectivity index (χ1v) is 6.16. The molecule has 2 N–H and O–H groups in total. The smallest absolute Gasteiger partial charge is 0.00720 e. The summed E-state index contributed by atoms with van der Waals surface area (Å²) in [6, 6.07) is 8.83. The SMILES string of the molecule is CCSc1ccc(CC(C)CN)cc1. The standard InChI is InChI=1S/C12H19NS/c1-3-14-12-6-4-11(5-7-12)8-10(2)9-13/h4-7,10H,3,8-9,13H2,1-2H3. The molecule has 0 saturated carbocycles. The van der Waals surface area contributed by atoms with Gasteiger partial charge in [0.2, 0.25) is 0 Å². The van der Waals surface area contributed by atoms with Crippen LogP contribution in [-0.2, 0) is 6.42 Å². The number of thioether (sulfide) groups is 1. The molecule has 0 heterocycles. The Morgan fingerprint density at radius 2 is 1.93 bits per heavy atom. The van der Waals surface area contributed by atoms with Crippen LogP contribution in [0.15, 0.2) is 29.2 Å². The Bertz CT molecular complexity index is 256. The molecule has 0 spiro atoms. The molecule has 0 saturated heterocycles. The first-order chi connectivity index (χ1) is 6.76. The minimum absolute atomic E-state index is 0.583. The first-order valence-electron chi connectivity index (χ1n) is 5.18. The molecule has 1 aromatic rings. The first kappa shape index (κ1) is 11.6. The van der Waals surface area contributed by atoms with Gasteiger partial charge in [-0.2, -0.15) is 0 Å². The monoisotopic (exact) mass is 209 g/mol. The highest BCUT2D eigenvalue weighted by molar-refractivity contribution is 7.99. The molecule has 1 nitrogen and oxygen atoms in total. The third-order valence-electron chi connectivity index (χ3n) is 2.22. The van der Waals surface area contributed by atoms with Crippen molar-refractivity contribution in [2.75, 3.05) is 12.3 Å². The Hall–Kier alpha value is -0.470. The summed E-state index contributed by atoms with van der Waals surface area (Å²) in [7, 11) is 0. The minimum Gasteiger partial charge on any atom is -0.330 e. The molecule has 0 aliphatic rings. The second kappa shape index (κ2) is 6.10. The molecule has 2 heteroatoms. The topological polar surface area (TPSA) is 26.0 Å². The van der Waals surface area contributed by atoms with Crippen molar-refractivity contribution < 1.29 is 0 Å². The summed E-state index contributed by atoms with van der Waals surface area (Å²) in [5.74, 6) is 1.72. The van der Waals surface area contributed by atoms with E-state index in [4.69, 9.17) is 5.73 Å². The van der Waals surface area contributed by atoms with E-state index in [1.807, 2.05) is 11.8 Å². The Labute approximate surface area is 91.1 Å². The van der Waals surface area contributed by atoms with Gasteiger partial charge < -0.3 is 5.73 Å². The van der Waals surface area contributed by atoms with E-state index >= 15 is 0 Å². The molecule has 0 aliphatic heterocycles. The fraction of sp³-hybridized carbons (Fsp3) is 0.500. The van der Waals surface area contributed by atoms with E-state index in [9.17, 15) is 0 Å². The predicted octanol–water partition coefficient (Wildman–Crippen LogP) is 2.94. The molecular formula is C12H19NS. The van der Waals surface area contributed by atoms with Crippen LogP contribution in [0.2, 0.25) is 0 Å². The molecule has 0 radical (unpaired) electrons. The van der Waals surface area contributed by atoms with E-state index in [0.29, 0.717) is 5.92 Å². The largest absolute Gasteiger partial charge is 0.330 e. The van der Waals surface area contributed by atoms with Crippen LogP contribution >= 0.6 is 11.8 Å². The number of benzene rings is 1. The van der Waals surface area contributed by atoms with E-state index in [0.717, 1.165) is 18.7 Å². The maximum atomic E-state index is 5.59. The zero-order chi connectivity index (χ0) is 10.4. The fourth-order valence-corrected chi connectivity index (χ4v) is 2.04. The van der Waals surface area contributed by atoms with Crippen LogP contribution in [0.1, 0.15) is 19.4 Å². The Kier molecular flexibility index (Phi) is 5.05. The van der Waals surface area contributed by atoms with E-state index in [-0.39, 0.29) is 0 Å². The van der Waals surface area contributed by atoms with Gasteiger partial charge in [-0.05, 0) is 42.3 Å². The summed E-state index contributed by atoms with van der Waals surface area (Å²) in [5, 5.41) is 0. The van der Waals surface area contributed by atoms with Gasteiger partial charge in [0.15, 0.2) is 0 Å². The van der Waals surface area contributed by atoms with Gasteiger partial charge in [0.25, 0.3) is 0 Å². The maximum Gasteiger partial charge on any atom is 0.00720 e. The molecule has 0 fully saturated rings. The second-order valence-electron chi connectivity index (χ2n) is 3.62. The van der Waals surface area contributed by atoms with Crippen LogP contribution in [0.4, 0.5) is 0 Å². The molecule has 0 aromatic heterocycles. The van der Waals surface area contributed by atoms with Gasteiger partial charge in [0.1, 0.15) is 0 Å². The summed E-state index contributed by atoms with van der Waals surface area (Å²) < 4.78 is 0. The van der Waals surface area contributed by atoms with E-state index < -0.39 is 0 Å². The number of hydrogen-bond acceptors (Lipinski definition) is 2. The van der Waals surface area contributed by atoms with Crippen molar-refractivity contribution in [2.45, 2.75) is 25.2 Å². The minimum atomic E-state index is 0.583. The molecule has 0 bridgehead atoms. The van der Waals surface area contributed by atoms with Crippen molar-refractivity contribution in [3.05, 3.63) is 29.8 Å². The van der Waals surface area contributed by atoms with Gasteiger partial charge in [-0.1, -0.05) is 26.0 Å². The summed E-state index contributed by atoms with van der Waals surface area (Å²) in [4.78, 5) is 1.36. The zero-order valence-corrected chi connectivity index (χ0v) is 9.81. The van der Waals surface area contributed by atoms with Gasteiger partial charge in [0, 0.05) is 4.90 Å². The van der Waals surface area contributed by atoms with E-state index in [2.05, 4.69) is 38.1 Å². The molecule has 1 aromatic carbocycles. The normalized spacial score (nSPS) is 12.8. The summed E-state index contributed by atoms with van der Waals surface area (Å²) in [6.45, 7) is 5.13. The van der Waals surface area contributed by atoms with Crippen molar-refractivity contribution in [1.82, 2.24) is 0 Å². The highest BCUT2D eigenvalue weighted by atomic mass is 32.2. The maximum absolute atomic E-state index is 5.59. The van der Waals surface area contributed by atoms with Gasteiger partial charge in [-0.25, -0.2) is 0 Å². The molecule has 14 heavy (non-hydrogen) atoms. The molecule has 1 atom stereocenters. The van der Waals surface area contributed by atoms with Crippen molar-refractivity contribution in [1.29, 1.82) is 0 Å². The van der Waals surface area contributed by atoms with Crippen molar-refractivity contribution in [3.8, 4) is 0 Å². The van der Waals surface area contributed by atoms with Gasteiger partial charge >= 0.3 is 0 Å². The number of hydrogen-bond donors (Lipinski definition) is 1. The van der Waals surface area contributed by atoms with Crippen molar-refractivity contribution in [2.24, 2.45) is 11.7 Å². The second-order valence-corrected chi connectivity index (χ2v) is 4.96. The molecular weight excluding hydrogens is 190 g/mol. The molecule has 0 aliphatic carbocycles. The third kappa shape index (κ3) is 3.72. The van der Waals surface area contributed by atoms with Crippen molar-refractivity contribution >= 4 is 11.8 Å². The van der Waals surface area contributed by atoms with Crippen LogP contribution < -0.4 is 5.73 Å². The Morgan fingerprint density at radius 3 is 2.43 bits per heavy atom. The van der Waals surface area contributed by atoms with E-state index in [1.54, 1.807) is 0 Å². The summed E-state index contributed by atoms with van der Waals surface area (Å²) in [5.41, 5.74) is 6.99. The van der Waals surface area contributed by atoms with Crippen LogP contribution in [-0.4, -0.2) is 12.3 Å². The molecule has 1 rings (SSSR count). The van der Waals surface area contributed by atoms with Gasteiger partial charge in [-0.15, -0.1) is 11.8 Å². The number of rotatable bonds is 5. The molecule has 0 amide bonds. The Morgan fingerprint density at radius 1 is 1.29 bits per heavy atom. The average Bonchev–Trinajstić information content (AvgIpc) is 2.21. The molecule has 1 unspecified atom stereocenters. The van der Waals surface area contributed by atoms with Crippen molar-refractivity contribution in [3.63, 3.8) is 0 Å². The summed E-state index contributed by atoms with van der Waals surface area (Å²) in [6.07, 6.45) is 1.09. The predicted molar refractivity (Wildman–Crippen MR) is 64.8 cm³/mol. The lowest BCUT2D eigenvalue weighted by atomic mass is 10.0. The lowest BCUT2D eigenvalue weighted by Gasteiger charge is -2.08. The lowest BCUT2D eigenvalue weighted by Crippen LogP contribution is -2.12. The fourth-order valence-electron chi connectivity index (χ4n) is 1.37. The zero-order valence-electron chi connectivity index (χ0n) is 8.99.